The van der Waals surface area contributed by atoms with Gasteiger partial charge in [0.2, 0.25) is 0 Å². The summed E-state index contributed by atoms with van der Waals surface area (Å²) in [6.07, 6.45) is 1.97. The van der Waals surface area contributed by atoms with Gasteiger partial charge in [-0.15, -0.1) is 0 Å². The Morgan fingerprint density at radius 3 is 2.94 bits per heavy atom. The third-order valence-corrected chi connectivity index (χ3v) is 3.75. The van der Waals surface area contributed by atoms with Gasteiger partial charge >= 0.3 is 0 Å². The van der Waals surface area contributed by atoms with E-state index in [0.717, 1.165) is 25.9 Å². The Labute approximate surface area is 108 Å². The van der Waals surface area contributed by atoms with Crippen LogP contribution < -0.4 is 10.1 Å². The zero-order chi connectivity index (χ0) is 12.4. The van der Waals surface area contributed by atoms with Gasteiger partial charge in [0.1, 0.15) is 0 Å². The number of aromatic hydroxyl groups is 1. The van der Waals surface area contributed by atoms with Gasteiger partial charge in [0.05, 0.1) is 7.11 Å². The molecule has 1 aliphatic rings. The van der Waals surface area contributed by atoms with Crippen LogP contribution in [0.2, 0.25) is 0 Å². The van der Waals surface area contributed by atoms with Gasteiger partial charge in [0, 0.05) is 22.5 Å². The molecule has 0 aromatic heterocycles. The second kappa shape index (κ2) is 5.23. The van der Waals surface area contributed by atoms with Crippen molar-refractivity contribution in [3.05, 3.63) is 21.9 Å². The molecule has 1 saturated heterocycles. The summed E-state index contributed by atoms with van der Waals surface area (Å²) in [4.78, 5) is 0. The third kappa shape index (κ3) is 2.40. The summed E-state index contributed by atoms with van der Waals surface area (Å²) < 4.78 is 19.7. The molecule has 2 rings (SSSR count). The number of piperidine rings is 1. The first-order valence-electron chi connectivity index (χ1n) is 5.60. The van der Waals surface area contributed by atoms with E-state index >= 15 is 0 Å². The molecule has 0 aliphatic carbocycles. The van der Waals surface area contributed by atoms with E-state index in [4.69, 9.17) is 4.74 Å². The first-order chi connectivity index (χ1) is 8.15. The number of hydrogen-bond acceptors (Lipinski definition) is 3. The zero-order valence-corrected chi connectivity index (χ0v) is 11.2. The molecular formula is C12H15BrFNO2. The Hall–Kier alpha value is -0.810. The molecule has 0 amide bonds. The predicted octanol–water partition coefficient (Wildman–Crippen LogP) is 2.77. The number of phenolic OH excluding ortho intramolecular Hbond substituents is 1. The maximum absolute atomic E-state index is 14.2. The van der Waals surface area contributed by atoms with Crippen LogP contribution in [0, 0.1) is 5.82 Å². The van der Waals surface area contributed by atoms with E-state index in [1.807, 2.05) is 0 Å². The van der Waals surface area contributed by atoms with Gasteiger partial charge in [0.15, 0.2) is 17.3 Å². The number of benzene rings is 1. The molecule has 1 aromatic carbocycles. The number of phenols is 1. The summed E-state index contributed by atoms with van der Waals surface area (Å²) in [5.74, 6) is -0.598. The summed E-state index contributed by atoms with van der Waals surface area (Å²) in [7, 11) is 1.36. The molecule has 1 aromatic rings. The average molecular weight is 304 g/mol. The highest BCUT2D eigenvalue weighted by molar-refractivity contribution is 9.10. The number of halogens is 2. The van der Waals surface area contributed by atoms with Crippen LogP contribution in [-0.2, 0) is 0 Å². The Morgan fingerprint density at radius 1 is 1.59 bits per heavy atom. The third-order valence-electron chi connectivity index (χ3n) is 3.10. The Bertz CT molecular complexity index is 419. The highest BCUT2D eigenvalue weighted by Gasteiger charge is 2.25. The van der Waals surface area contributed by atoms with Crippen LogP contribution in [-0.4, -0.2) is 25.3 Å². The van der Waals surface area contributed by atoms with Crippen LogP contribution in [0.25, 0.3) is 0 Å². The van der Waals surface area contributed by atoms with Crippen molar-refractivity contribution >= 4 is 15.9 Å². The van der Waals surface area contributed by atoms with Crippen LogP contribution in [0.5, 0.6) is 11.5 Å². The normalized spacial score (nSPS) is 20.3. The van der Waals surface area contributed by atoms with Gasteiger partial charge in [-0.25, -0.2) is 4.39 Å². The van der Waals surface area contributed by atoms with E-state index in [9.17, 15) is 9.50 Å². The predicted molar refractivity (Wildman–Crippen MR) is 67.2 cm³/mol. The average Bonchev–Trinajstić information content (AvgIpc) is 2.30. The minimum Gasteiger partial charge on any atom is -0.504 e. The Balaban J connectivity index is 2.44. The van der Waals surface area contributed by atoms with Crippen molar-refractivity contribution in [2.45, 2.75) is 18.8 Å². The maximum Gasteiger partial charge on any atom is 0.196 e. The Kier molecular flexibility index (Phi) is 3.89. The topological polar surface area (TPSA) is 41.5 Å². The molecule has 3 nitrogen and oxygen atoms in total. The van der Waals surface area contributed by atoms with Gasteiger partial charge in [-0.3, -0.25) is 0 Å². The van der Waals surface area contributed by atoms with Crippen LogP contribution in [0.1, 0.15) is 24.3 Å². The van der Waals surface area contributed by atoms with E-state index in [1.165, 1.54) is 13.2 Å². The first kappa shape index (κ1) is 12.6. The monoisotopic (exact) mass is 303 g/mol. The lowest BCUT2D eigenvalue weighted by atomic mass is 9.91. The van der Waals surface area contributed by atoms with Crippen molar-refractivity contribution in [2.75, 3.05) is 20.2 Å². The van der Waals surface area contributed by atoms with E-state index < -0.39 is 5.82 Å². The quantitative estimate of drug-likeness (QED) is 0.883. The summed E-state index contributed by atoms with van der Waals surface area (Å²) >= 11 is 3.31. The van der Waals surface area contributed by atoms with Crippen molar-refractivity contribution in [3.63, 3.8) is 0 Å². The van der Waals surface area contributed by atoms with Gasteiger partial charge in [-0.05, 0) is 25.5 Å². The first-order valence-corrected chi connectivity index (χ1v) is 6.40. The molecule has 94 valence electrons. The number of ether oxygens (including phenoxy) is 1. The van der Waals surface area contributed by atoms with Crippen LogP contribution in [0.3, 0.4) is 0 Å². The molecule has 5 heteroatoms. The molecule has 17 heavy (non-hydrogen) atoms. The fourth-order valence-corrected chi connectivity index (χ4v) is 2.98. The summed E-state index contributed by atoms with van der Waals surface area (Å²) in [5.41, 5.74) is 0.590. The molecule has 0 spiro atoms. The van der Waals surface area contributed by atoms with Crippen molar-refractivity contribution < 1.29 is 14.2 Å². The maximum atomic E-state index is 14.2. The molecule has 1 atom stereocenters. The van der Waals surface area contributed by atoms with E-state index in [2.05, 4.69) is 21.2 Å². The lowest BCUT2D eigenvalue weighted by Gasteiger charge is -2.25. The smallest absolute Gasteiger partial charge is 0.196 e. The van der Waals surface area contributed by atoms with E-state index in [-0.39, 0.29) is 17.4 Å². The lowest BCUT2D eigenvalue weighted by Crippen LogP contribution is -2.29. The SMILES string of the molecule is COc1c(O)cc(Br)c(C2CCCNC2)c1F. The zero-order valence-electron chi connectivity index (χ0n) is 9.59. The molecule has 1 fully saturated rings. The van der Waals surface area contributed by atoms with Gasteiger partial charge in [-0.2, -0.15) is 0 Å². The second-order valence-corrected chi connectivity index (χ2v) is 5.04. The van der Waals surface area contributed by atoms with Gasteiger partial charge in [0.25, 0.3) is 0 Å². The largest absolute Gasteiger partial charge is 0.504 e. The van der Waals surface area contributed by atoms with Crippen LogP contribution >= 0.6 is 15.9 Å². The number of methoxy groups -OCH3 is 1. The molecule has 2 N–H and O–H groups in total. The molecular weight excluding hydrogens is 289 g/mol. The minimum absolute atomic E-state index is 0.0752. The van der Waals surface area contributed by atoms with Crippen molar-refractivity contribution in [3.8, 4) is 11.5 Å². The number of nitrogens with one attached hydrogen (secondary N) is 1. The second-order valence-electron chi connectivity index (χ2n) is 4.18. The number of hydrogen-bond donors (Lipinski definition) is 2. The molecule has 0 bridgehead atoms. The van der Waals surface area contributed by atoms with Gasteiger partial charge < -0.3 is 15.2 Å². The molecule has 1 aliphatic heterocycles. The standard InChI is InChI=1S/C12H15BrFNO2/c1-17-12-9(16)5-8(13)10(11(12)14)7-3-2-4-15-6-7/h5,7,15-16H,2-4,6H2,1H3. The molecule has 0 saturated carbocycles. The minimum atomic E-state index is -0.465. The molecule has 0 radical (unpaired) electrons. The van der Waals surface area contributed by atoms with Crippen LogP contribution in [0.15, 0.2) is 10.5 Å². The van der Waals surface area contributed by atoms with Crippen LogP contribution in [0.4, 0.5) is 4.39 Å². The van der Waals surface area contributed by atoms with Crippen molar-refractivity contribution in [1.29, 1.82) is 0 Å². The van der Waals surface area contributed by atoms with Crippen molar-refractivity contribution in [1.82, 2.24) is 5.32 Å². The fraction of sp³-hybridized carbons (Fsp3) is 0.500. The lowest BCUT2D eigenvalue weighted by molar-refractivity contribution is 0.344. The highest BCUT2D eigenvalue weighted by Crippen LogP contribution is 2.41. The summed E-state index contributed by atoms with van der Waals surface area (Å²) in [6.45, 7) is 1.73. The van der Waals surface area contributed by atoms with Gasteiger partial charge in [-0.1, -0.05) is 15.9 Å². The summed E-state index contributed by atoms with van der Waals surface area (Å²) in [5, 5.41) is 12.8. The fourth-order valence-electron chi connectivity index (χ4n) is 2.27. The molecule has 1 heterocycles. The van der Waals surface area contributed by atoms with E-state index in [1.54, 1.807) is 0 Å². The van der Waals surface area contributed by atoms with Crippen molar-refractivity contribution in [2.24, 2.45) is 0 Å². The van der Waals surface area contributed by atoms with E-state index in [0.29, 0.717) is 10.0 Å². The summed E-state index contributed by atoms with van der Waals surface area (Å²) in [6, 6.07) is 1.49. The molecule has 1 unspecified atom stereocenters. The Morgan fingerprint density at radius 2 is 2.35 bits per heavy atom. The highest BCUT2D eigenvalue weighted by atomic mass is 79.9. The number of rotatable bonds is 2.